The zero-order valence-corrected chi connectivity index (χ0v) is 16.5. The van der Waals surface area contributed by atoms with Gasteiger partial charge >= 0.3 is 0 Å². The predicted octanol–water partition coefficient (Wildman–Crippen LogP) is 4.94. The highest BCUT2D eigenvalue weighted by Crippen LogP contribution is 2.37. The molecule has 1 aliphatic carbocycles. The van der Waals surface area contributed by atoms with Crippen LogP contribution in [-0.2, 0) is 0 Å². The van der Waals surface area contributed by atoms with E-state index >= 15 is 0 Å². The Balaban J connectivity index is 1.56. The Labute approximate surface area is 173 Å². The van der Waals surface area contributed by atoms with Crippen molar-refractivity contribution in [3.63, 3.8) is 0 Å². The van der Waals surface area contributed by atoms with Crippen LogP contribution in [0.4, 0.5) is 0 Å². The largest absolute Gasteiger partial charge is 0.321 e. The number of imidazole rings is 1. The van der Waals surface area contributed by atoms with Gasteiger partial charge in [-0.1, -0.05) is 25.3 Å². The normalized spacial score (nSPS) is 15.2. The van der Waals surface area contributed by atoms with Crippen molar-refractivity contribution < 1.29 is 0 Å². The second-order valence-electron chi connectivity index (χ2n) is 7.95. The van der Waals surface area contributed by atoms with Gasteiger partial charge in [0.2, 0.25) is 5.82 Å². The maximum Gasteiger partial charge on any atom is 0.204 e. The SMILES string of the molecule is c1cnc2ccc(-c3nc4cc(-c5nn[nH]n5)ccc4n3C3CCCCC3)cc2c1. The standard InChI is InChI=1S/C23H21N7/c1-2-6-18(7-3-1)30-21-11-9-16(22-26-28-29-27-22)14-20(21)25-23(30)17-8-10-19-15(13-17)5-4-12-24-19/h4-5,8-14,18H,1-3,6-7H2,(H,26,27,28,29). The van der Waals surface area contributed by atoms with Gasteiger partial charge in [0.25, 0.3) is 0 Å². The van der Waals surface area contributed by atoms with E-state index in [1.807, 2.05) is 12.3 Å². The number of nitrogens with one attached hydrogen (secondary N) is 1. The van der Waals surface area contributed by atoms with Crippen LogP contribution in [0.25, 0.3) is 44.7 Å². The Morgan fingerprint density at radius 3 is 2.67 bits per heavy atom. The summed E-state index contributed by atoms with van der Waals surface area (Å²) in [5.41, 5.74) is 5.16. The number of nitrogens with zero attached hydrogens (tertiary/aromatic N) is 6. The molecule has 1 N–H and O–H groups in total. The van der Waals surface area contributed by atoms with Crippen molar-refractivity contribution in [3.05, 3.63) is 54.7 Å². The quantitative estimate of drug-likeness (QED) is 0.468. The lowest BCUT2D eigenvalue weighted by atomic mass is 9.94. The highest BCUT2D eigenvalue weighted by molar-refractivity contribution is 5.88. The maximum atomic E-state index is 5.09. The molecule has 148 valence electrons. The average Bonchev–Trinajstić information content (AvgIpc) is 3.47. The van der Waals surface area contributed by atoms with Crippen LogP contribution in [0.2, 0.25) is 0 Å². The van der Waals surface area contributed by atoms with Crippen molar-refractivity contribution in [3.8, 4) is 22.8 Å². The first-order chi connectivity index (χ1) is 14.9. The molecule has 2 aromatic carbocycles. The third-order valence-electron chi connectivity index (χ3n) is 6.09. The number of hydrogen-bond donors (Lipinski definition) is 1. The van der Waals surface area contributed by atoms with Crippen LogP contribution in [0.5, 0.6) is 0 Å². The molecule has 0 radical (unpaired) electrons. The monoisotopic (exact) mass is 395 g/mol. The molecule has 3 heterocycles. The first-order valence-corrected chi connectivity index (χ1v) is 10.5. The fourth-order valence-corrected chi connectivity index (χ4v) is 4.65. The number of rotatable bonds is 3. The zero-order chi connectivity index (χ0) is 19.9. The summed E-state index contributed by atoms with van der Waals surface area (Å²) in [6.07, 6.45) is 8.08. The van der Waals surface area contributed by atoms with Crippen LogP contribution in [0.3, 0.4) is 0 Å². The van der Waals surface area contributed by atoms with Crippen molar-refractivity contribution in [1.82, 2.24) is 35.2 Å². The third-order valence-corrected chi connectivity index (χ3v) is 6.09. The Morgan fingerprint density at radius 1 is 0.900 bits per heavy atom. The molecule has 1 aliphatic rings. The summed E-state index contributed by atoms with van der Waals surface area (Å²) in [5.74, 6) is 1.61. The lowest BCUT2D eigenvalue weighted by Crippen LogP contribution is -2.14. The third kappa shape index (κ3) is 2.85. The summed E-state index contributed by atoms with van der Waals surface area (Å²) in [4.78, 5) is 9.55. The highest BCUT2D eigenvalue weighted by Gasteiger charge is 2.23. The van der Waals surface area contributed by atoms with Crippen molar-refractivity contribution in [2.75, 3.05) is 0 Å². The minimum absolute atomic E-state index is 0.472. The number of H-pyrrole nitrogens is 1. The van der Waals surface area contributed by atoms with Gasteiger partial charge in [-0.3, -0.25) is 4.98 Å². The number of fused-ring (bicyclic) bond motifs is 2. The van der Waals surface area contributed by atoms with E-state index in [9.17, 15) is 0 Å². The molecular weight excluding hydrogens is 374 g/mol. The van der Waals surface area contributed by atoms with Gasteiger partial charge in [-0.25, -0.2) is 4.98 Å². The smallest absolute Gasteiger partial charge is 0.204 e. The van der Waals surface area contributed by atoms with E-state index in [-0.39, 0.29) is 0 Å². The van der Waals surface area contributed by atoms with Gasteiger partial charge in [0, 0.05) is 28.8 Å². The van der Waals surface area contributed by atoms with Crippen molar-refractivity contribution in [1.29, 1.82) is 0 Å². The van der Waals surface area contributed by atoms with Crippen LogP contribution < -0.4 is 0 Å². The van der Waals surface area contributed by atoms with Gasteiger partial charge in [0.1, 0.15) is 5.82 Å². The van der Waals surface area contributed by atoms with Crippen molar-refractivity contribution in [2.24, 2.45) is 0 Å². The van der Waals surface area contributed by atoms with Crippen LogP contribution in [-0.4, -0.2) is 35.2 Å². The summed E-state index contributed by atoms with van der Waals surface area (Å²) in [6.45, 7) is 0. The number of tetrazole rings is 1. The Hall–Kier alpha value is -3.61. The molecular formula is C23H21N7. The minimum Gasteiger partial charge on any atom is -0.321 e. The van der Waals surface area contributed by atoms with Crippen LogP contribution >= 0.6 is 0 Å². The molecule has 0 atom stereocenters. The number of pyridine rings is 1. The Morgan fingerprint density at radius 2 is 1.80 bits per heavy atom. The van der Waals surface area contributed by atoms with Gasteiger partial charge < -0.3 is 4.57 Å². The first kappa shape index (κ1) is 17.3. The average molecular weight is 395 g/mol. The fourth-order valence-electron chi connectivity index (χ4n) is 4.65. The van der Waals surface area contributed by atoms with Gasteiger partial charge in [0.15, 0.2) is 0 Å². The molecule has 5 aromatic rings. The van der Waals surface area contributed by atoms with Crippen LogP contribution in [0, 0.1) is 0 Å². The van der Waals surface area contributed by atoms with Gasteiger partial charge in [-0.05, 0) is 60.5 Å². The number of hydrogen-bond acceptors (Lipinski definition) is 5. The van der Waals surface area contributed by atoms with E-state index in [0.717, 1.165) is 38.9 Å². The number of benzene rings is 2. The molecule has 0 unspecified atom stereocenters. The minimum atomic E-state index is 0.472. The molecule has 0 bridgehead atoms. The highest BCUT2D eigenvalue weighted by atomic mass is 15.5. The van der Waals surface area contributed by atoms with Gasteiger partial charge in [-0.2, -0.15) is 5.21 Å². The molecule has 6 rings (SSSR count). The summed E-state index contributed by atoms with van der Waals surface area (Å²) >= 11 is 0. The Bertz CT molecular complexity index is 1330. The molecule has 0 saturated heterocycles. The van der Waals surface area contributed by atoms with E-state index < -0.39 is 0 Å². The lowest BCUT2D eigenvalue weighted by molar-refractivity contribution is 0.362. The molecule has 0 amide bonds. The first-order valence-electron chi connectivity index (χ1n) is 10.5. The molecule has 7 heteroatoms. The van der Waals surface area contributed by atoms with E-state index in [2.05, 4.69) is 72.6 Å². The molecule has 1 saturated carbocycles. The second kappa shape index (κ2) is 7.02. The fraction of sp³-hybridized carbons (Fsp3) is 0.261. The topological polar surface area (TPSA) is 85.2 Å². The van der Waals surface area contributed by atoms with Crippen molar-refractivity contribution >= 4 is 21.9 Å². The van der Waals surface area contributed by atoms with E-state index in [0.29, 0.717) is 11.9 Å². The van der Waals surface area contributed by atoms with Crippen LogP contribution in [0.1, 0.15) is 38.1 Å². The summed E-state index contributed by atoms with van der Waals surface area (Å²) in [7, 11) is 0. The lowest BCUT2D eigenvalue weighted by Gasteiger charge is -2.25. The molecule has 1 fully saturated rings. The molecule has 30 heavy (non-hydrogen) atoms. The van der Waals surface area contributed by atoms with Gasteiger partial charge in [0.05, 0.1) is 16.6 Å². The summed E-state index contributed by atoms with van der Waals surface area (Å²) < 4.78 is 2.45. The van der Waals surface area contributed by atoms with E-state index in [1.165, 1.54) is 32.1 Å². The Kier molecular flexibility index (Phi) is 4.04. The van der Waals surface area contributed by atoms with Crippen molar-refractivity contribution in [2.45, 2.75) is 38.1 Å². The van der Waals surface area contributed by atoms with E-state index in [4.69, 9.17) is 4.98 Å². The molecule has 3 aromatic heterocycles. The molecule has 7 nitrogen and oxygen atoms in total. The maximum absolute atomic E-state index is 5.09. The number of aromatic nitrogens is 7. The summed E-state index contributed by atoms with van der Waals surface area (Å²) in [6, 6.07) is 17.2. The zero-order valence-electron chi connectivity index (χ0n) is 16.5. The van der Waals surface area contributed by atoms with E-state index in [1.54, 1.807) is 0 Å². The molecule has 0 spiro atoms. The summed E-state index contributed by atoms with van der Waals surface area (Å²) in [5, 5.41) is 15.6. The van der Waals surface area contributed by atoms with Gasteiger partial charge in [-0.15, -0.1) is 10.2 Å². The van der Waals surface area contributed by atoms with Crippen LogP contribution in [0.15, 0.2) is 54.7 Å². The predicted molar refractivity (Wildman–Crippen MR) is 116 cm³/mol. The number of aromatic amines is 1. The second-order valence-corrected chi connectivity index (χ2v) is 7.95. The molecule has 0 aliphatic heterocycles.